The maximum absolute atomic E-state index is 12.4. The first-order chi connectivity index (χ1) is 9.04. The standard InChI is InChI=1S/C13H16F3NO2S/c1-12(2,3)11(18)17-10-8(19-13(14,15)16)6-5-7-9(10)20-4/h5-7H,1-4H3,(H,17,18). The molecule has 1 aromatic carbocycles. The molecular weight excluding hydrogens is 291 g/mol. The van der Waals surface area contributed by atoms with Crippen LogP contribution in [-0.4, -0.2) is 18.5 Å². The van der Waals surface area contributed by atoms with Crippen LogP contribution < -0.4 is 10.1 Å². The molecule has 0 aliphatic heterocycles. The fourth-order valence-corrected chi connectivity index (χ4v) is 1.89. The molecule has 112 valence electrons. The van der Waals surface area contributed by atoms with E-state index in [9.17, 15) is 18.0 Å². The Morgan fingerprint density at radius 2 is 1.85 bits per heavy atom. The summed E-state index contributed by atoms with van der Waals surface area (Å²) in [6, 6.07) is 4.23. The molecule has 20 heavy (non-hydrogen) atoms. The number of benzene rings is 1. The zero-order valence-corrected chi connectivity index (χ0v) is 12.4. The smallest absolute Gasteiger partial charge is 0.404 e. The van der Waals surface area contributed by atoms with E-state index in [1.54, 1.807) is 33.1 Å². The predicted molar refractivity (Wildman–Crippen MR) is 73.0 cm³/mol. The molecule has 0 aliphatic carbocycles. The Bertz CT molecular complexity index is 495. The number of nitrogens with one attached hydrogen (secondary N) is 1. The summed E-state index contributed by atoms with van der Waals surface area (Å²) >= 11 is 1.23. The monoisotopic (exact) mass is 307 g/mol. The van der Waals surface area contributed by atoms with Gasteiger partial charge in [0.2, 0.25) is 5.91 Å². The Labute approximate surface area is 119 Å². The van der Waals surface area contributed by atoms with Gasteiger partial charge in [0.1, 0.15) is 0 Å². The van der Waals surface area contributed by atoms with Crippen LogP contribution in [0.25, 0.3) is 0 Å². The number of anilines is 1. The lowest BCUT2D eigenvalue weighted by Crippen LogP contribution is -2.28. The van der Waals surface area contributed by atoms with Gasteiger partial charge < -0.3 is 10.1 Å². The molecule has 0 bridgehead atoms. The number of carbonyl (C=O) groups is 1. The van der Waals surface area contributed by atoms with Crippen LogP contribution in [0.4, 0.5) is 18.9 Å². The summed E-state index contributed by atoms with van der Waals surface area (Å²) in [6.45, 7) is 5.02. The van der Waals surface area contributed by atoms with Gasteiger partial charge in [-0.3, -0.25) is 4.79 Å². The predicted octanol–water partition coefficient (Wildman–Crippen LogP) is 4.29. The molecule has 7 heteroatoms. The summed E-state index contributed by atoms with van der Waals surface area (Å²) in [5, 5.41) is 2.51. The van der Waals surface area contributed by atoms with Crippen molar-refractivity contribution in [2.75, 3.05) is 11.6 Å². The first-order valence-electron chi connectivity index (χ1n) is 5.79. The summed E-state index contributed by atoms with van der Waals surface area (Å²) in [4.78, 5) is 12.5. The fourth-order valence-electron chi connectivity index (χ4n) is 1.32. The molecule has 0 saturated heterocycles. The van der Waals surface area contributed by atoms with Crippen molar-refractivity contribution in [1.29, 1.82) is 0 Å². The SMILES string of the molecule is CSc1cccc(OC(F)(F)F)c1NC(=O)C(C)(C)C. The summed E-state index contributed by atoms with van der Waals surface area (Å²) in [7, 11) is 0. The van der Waals surface area contributed by atoms with Crippen molar-refractivity contribution in [3.05, 3.63) is 18.2 Å². The third kappa shape index (κ3) is 4.63. The number of thioether (sulfide) groups is 1. The molecule has 0 saturated carbocycles. The summed E-state index contributed by atoms with van der Waals surface area (Å²) in [5.41, 5.74) is -0.682. The lowest BCUT2D eigenvalue weighted by Gasteiger charge is -2.21. The number of rotatable bonds is 3. The molecule has 0 fully saturated rings. The van der Waals surface area contributed by atoms with Crippen molar-refractivity contribution < 1.29 is 22.7 Å². The molecule has 0 aromatic heterocycles. The van der Waals surface area contributed by atoms with E-state index in [0.29, 0.717) is 4.90 Å². The van der Waals surface area contributed by atoms with Crippen molar-refractivity contribution in [2.45, 2.75) is 32.0 Å². The van der Waals surface area contributed by atoms with Gasteiger partial charge in [0.25, 0.3) is 0 Å². The van der Waals surface area contributed by atoms with Crippen LogP contribution in [0.2, 0.25) is 0 Å². The van der Waals surface area contributed by atoms with E-state index in [1.165, 1.54) is 23.9 Å². The molecule has 1 amide bonds. The minimum absolute atomic E-state index is 0.0391. The second kappa shape index (κ2) is 5.95. The van der Waals surface area contributed by atoms with Crippen molar-refractivity contribution in [2.24, 2.45) is 5.41 Å². The molecule has 0 aliphatic rings. The molecule has 1 N–H and O–H groups in total. The Balaban J connectivity index is 3.17. The van der Waals surface area contributed by atoms with Crippen LogP contribution in [0.1, 0.15) is 20.8 Å². The molecule has 0 unspecified atom stereocenters. The van der Waals surface area contributed by atoms with E-state index in [1.807, 2.05) is 0 Å². The molecule has 0 heterocycles. The zero-order chi connectivity index (χ0) is 15.6. The van der Waals surface area contributed by atoms with E-state index in [4.69, 9.17) is 0 Å². The van der Waals surface area contributed by atoms with Crippen LogP contribution in [0, 0.1) is 5.41 Å². The van der Waals surface area contributed by atoms with Gasteiger partial charge in [-0.15, -0.1) is 24.9 Å². The third-order valence-corrected chi connectivity index (χ3v) is 3.13. The summed E-state index contributed by atoms with van der Waals surface area (Å²) < 4.78 is 41.1. The molecule has 0 radical (unpaired) electrons. The van der Waals surface area contributed by atoms with E-state index < -0.39 is 17.5 Å². The molecular formula is C13H16F3NO2S. The Morgan fingerprint density at radius 1 is 1.25 bits per heavy atom. The molecule has 0 spiro atoms. The van der Waals surface area contributed by atoms with Crippen LogP contribution in [0.3, 0.4) is 0 Å². The maximum Gasteiger partial charge on any atom is 0.573 e. The second-order valence-electron chi connectivity index (χ2n) is 5.09. The average molecular weight is 307 g/mol. The van der Waals surface area contributed by atoms with Gasteiger partial charge >= 0.3 is 6.36 Å². The Hall–Kier alpha value is -1.37. The summed E-state index contributed by atoms with van der Waals surface area (Å²) in [5.74, 6) is -0.798. The topological polar surface area (TPSA) is 38.3 Å². The highest BCUT2D eigenvalue weighted by atomic mass is 32.2. The van der Waals surface area contributed by atoms with Gasteiger partial charge in [0.05, 0.1) is 5.69 Å². The van der Waals surface area contributed by atoms with Gasteiger partial charge in [0, 0.05) is 10.3 Å². The third-order valence-electron chi connectivity index (χ3n) is 2.35. The van der Waals surface area contributed by atoms with Crippen molar-refractivity contribution in [3.63, 3.8) is 0 Å². The zero-order valence-electron chi connectivity index (χ0n) is 11.6. The average Bonchev–Trinajstić information content (AvgIpc) is 2.28. The van der Waals surface area contributed by atoms with E-state index in [2.05, 4.69) is 10.1 Å². The van der Waals surface area contributed by atoms with Crippen molar-refractivity contribution in [1.82, 2.24) is 0 Å². The minimum atomic E-state index is -4.81. The van der Waals surface area contributed by atoms with Crippen LogP contribution in [0.5, 0.6) is 5.75 Å². The number of amides is 1. The van der Waals surface area contributed by atoms with Gasteiger partial charge in [-0.05, 0) is 18.4 Å². The number of para-hydroxylation sites is 1. The van der Waals surface area contributed by atoms with E-state index >= 15 is 0 Å². The normalized spacial score (nSPS) is 12.2. The minimum Gasteiger partial charge on any atom is -0.404 e. The van der Waals surface area contributed by atoms with Crippen molar-refractivity contribution >= 4 is 23.4 Å². The number of hydrogen-bond donors (Lipinski definition) is 1. The van der Waals surface area contributed by atoms with Crippen LogP contribution >= 0.6 is 11.8 Å². The van der Waals surface area contributed by atoms with Gasteiger partial charge in [-0.1, -0.05) is 26.8 Å². The first-order valence-corrected chi connectivity index (χ1v) is 7.01. The van der Waals surface area contributed by atoms with Crippen LogP contribution in [0.15, 0.2) is 23.1 Å². The fraction of sp³-hybridized carbons (Fsp3) is 0.462. The number of alkyl halides is 3. The lowest BCUT2D eigenvalue weighted by atomic mass is 9.95. The molecule has 3 nitrogen and oxygen atoms in total. The van der Waals surface area contributed by atoms with Crippen LogP contribution in [-0.2, 0) is 4.79 Å². The second-order valence-corrected chi connectivity index (χ2v) is 5.93. The highest BCUT2D eigenvalue weighted by Gasteiger charge is 2.33. The first kappa shape index (κ1) is 16.7. The van der Waals surface area contributed by atoms with Gasteiger partial charge in [-0.2, -0.15) is 0 Å². The molecule has 1 rings (SSSR count). The largest absolute Gasteiger partial charge is 0.573 e. The highest BCUT2D eigenvalue weighted by Crippen LogP contribution is 2.38. The molecule has 1 aromatic rings. The van der Waals surface area contributed by atoms with E-state index in [-0.39, 0.29) is 11.6 Å². The Morgan fingerprint density at radius 3 is 2.30 bits per heavy atom. The summed E-state index contributed by atoms with van der Waals surface area (Å²) in [6.07, 6.45) is -3.10. The number of halogens is 3. The Kier molecular flexibility index (Phi) is 4.96. The van der Waals surface area contributed by atoms with Crippen molar-refractivity contribution in [3.8, 4) is 5.75 Å². The lowest BCUT2D eigenvalue weighted by molar-refractivity contribution is -0.274. The number of hydrogen-bond acceptors (Lipinski definition) is 3. The van der Waals surface area contributed by atoms with Gasteiger partial charge in [-0.25, -0.2) is 0 Å². The molecule has 0 atom stereocenters. The number of ether oxygens (including phenoxy) is 1. The van der Waals surface area contributed by atoms with Gasteiger partial charge in [0.15, 0.2) is 5.75 Å². The quantitative estimate of drug-likeness (QED) is 0.847. The highest BCUT2D eigenvalue weighted by molar-refractivity contribution is 7.98. The number of carbonyl (C=O) groups excluding carboxylic acids is 1. The van der Waals surface area contributed by atoms with E-state index in [0.717, 1.165) is 0 Å². The maximum atomic E-state index is 12.4.